The Bertz CT molecular complexity index is 163. The lowest BCUT2D eigenvalue weighted by Gasteiger charge is -2.24. The predicted molar refractivity (Wildman–Crippen MR) is 59.2 cm³/mol. The van der Waals surface area contributed by atoms with E-state index in [-0.39, 0.29) is 6.04 Å². The fraction of sp³-hybridized carbons (Fsp3) is 1.00. The monoisotopic (exact) mass is 200 g/mol. The van der Waals surface area contributed by atoms with Crippen LogP contribution in [0.5, 0.6) is 0 Å². The van der Waals surface area contributed by atoms with Gasteiger partial charge < -0.3 is 15.4 Å². The molecule has 0 bridgehead atoms. The van der Waals surface area contributed by atoms with E-state index in [2.05, 4.69) is 25.8 Å². The van der Waals surface area contributed by atoms with E-state index >= 15 is 0 Å². The summed E-state index contributed by atoms with van der Waals surface area (Å²) < 4.78 is 5.35. The fourth-order valence-electron chi connectivity index (χ4n) is 1.94. The Labute approximate surface area is 87.6 Å². The summed E-state index contributed by atoms with van der Waals surface area (Å²) in [7, 11) is 2.18. The minimum absolute atomic E-state index is 0.245. The van der Waals surface area contributed by atoms with Gasteiger partial charge in [0.05, 0.1) is 13.2 Å². The van der Waals surface area contributed by atoms with Crippen molar-refractivity contribution in [3.63, 3.8) is 0 Å². The molecule has 2 N–H and O–H groups in total. The molecular formula is C11H24N2O. The maximum atomic E-state index is 5.94. The smallest absolute Gasteiger partial charge is 0.0621 e. The number of hydrogen-bond donors (Lipinski definition) is 1. The number of rotatable bonds is 5. The summed E-state index contributed by atoms with van der Waals surface area (Å²) in [4.78, 5) is 2.38. The molecule has 1 heterocycles. The summed E-state index contributed by atoms with van der Waals surface area (Å²) in [6.45, 7) is 8.35. The van der Waals surface area contributed by atoms with E-state index in [4.69, 9.17) is 10.5 Å². The molecule has 1 saturated heterocycles. The molecule has 1 aliphatic heterocycles. The molecule has 0 amide bonds. The summed E-state index contributed by atoms with van der Waals surface area (Å²) >= 11 is 0. The number of ether oxygens (including phenoxy) is 1. The van der Waals surface area contributed by atoms with Crippen LogP contribution in [0.1, 0.15) is 20.3 Å². The van der Waals surface area contributed by atoms with Crippen LogP contribution in [0, 0.1) is 11.8 Å². The molecule has 0 aromatic heterocycles. The van der Waals surface area contributed by atoms with Crippen LogP contribution in [0.15, 0.2) is 0 Å². The third kappa shape index (κ3) is 3.56. The Balaban J connectivity index is 2.22. The second-order valence-electron chi connectivity index (χ2n) is 4.70. The average Bonchev–Trinajstić information content (AvgIpc) is 2.51. The first kappa shape index (κ1) is 12.0. The second kappa shape index (κ2) is 5.69. The van der Waals surface area contributed by atoms with Crippen LogP contribution in [0.3, 0.4) is 0 Å². The van der Waals surface area contributed by atoms with E-state index in [1.54, 1.807) is 0 Å². The van der Waals surface area contributed by atoms with Crippen molar-refractivity contribution >= 4 is 0 Å². The van der Waals surface area contributed by atoms with Crippen LogP contribution < -0.4 is 5.73 Å². The van der Waals surface area contributed by atoms with Crippen molar-refractivity contribution in [3.8, 4) is 0 Å². The SMILES string of the molecule is CCC(C)CN(C)CC1COCC1N. The minimum Gasteiger partial charge on any atom is -0.379 e. The molecule has 0 aromatic carbocycles. The zero-order valence-corrected chi connectivity index (χ0v) is 9.70. The molecule has 0 radical (unpaired) electrons. The number of nitrogens with zero attached hydrogens (tertiary/aromatic N) is 1. The van der Waals surface area contributed by atoms with Crippen LogP contribution in [0.2, 0.25) is 0 Å². The van der Waals surface area contributed by atoms with Gasteiger partial charge in [-0.3, -0.25) is 0 Å². The van der Waals surface area contributed by atoms with E-state index in [1.165, 1.54) is 13.0 Å². The largest absolute Gasteiger partial charge is 0.379 e. The van der Waals surface area contributed by atoms with E-state index in [9.17, 15) is 0 Å². The van der Waals surface area contributed by atoms with Gasteiger partial charge in [0.15, 0.2) is 0 Å². The van der Waals surface area contributed by atoms with Gasteiger partial charge in [0.25, 0.3) is 0 Å². The van der Waals surface area contributed by atoms with Crippen molar-refractivity contribution in [1.29, 1.82) is 0 Å². The molecule has 0 spiro atoms. The van der Waals surface area contributed by atoms with Gasteiger partial charge >= 0.3 is 0 Å². The topological polar surface area (TPSA) is 38.5 Å². The van der Waals surface area contributed by atoms with Crippen molar-refractivity contribution < 1.29 is 4.74 Å². The Morgan fingerprint density at radius 3 is 2.71 bits per heavy atom. The molecule has 14 heavy (non-hydrogen) atoms. The molecule has 3 nitrogen and oxygen atoms in total. The molecule has 1 aliphatic rings. The zero-order chi connectivity index (χ0) is 10.6. The van der Waals surface area contributed by atoms with Crippen LogP contribution >= 0.6 is 0 Å². The van der Waals surface area contributed by atoms with E-state index in [1.807, 2.05) is 0 Å². The molecule has 84 valence electrons. The minimum atomic E-state index is 0.245. The molecule has 3 heteroatoms. The van der Waals surface area contributed by atoms with Crippen molar-refractivity contribution in [3.05, 3.63) is 0 Å². The Morgan fingerprint density at radius 1 is 1.50 bits per heavy atom. The Morgan fingerprint density at radius 2 is 2.21 bits per heavy atom. The van der Waals surface area contributed by atoms with E-state index in [0.29, 0.717) is 5.92 Å². The zero-order valence-electron chi connectivity index (χ0n) is 9.70. The van der Waals surface area contributed by atoms with Crippen molar-refractivity contribution in [2.75, 3.05) is 33.4 Å². The highest BCUT2D eigenvalue weighted by Gasteiger charge is 2.25. The highest BCUT2D eigenvalue weighted by Crippen LogP contribution is 2.13. The summed E-state index contributed by atoms with van der Waals surface area (Å²) in [5.74, 6) is 1.31. The summed E-state index contributed by atoms with van der Waals surface area (Å²) in [5.41, 5.74) is 5.94. The summed E-state index contributed by atoms with van der Waals surface area (Å²) in [5, 5.41) is 0. The van der Waals surface area contributed by atoms with Gasteiger partial charge in [0.2, 0.25) is 0 Å². The Hall–Kier alpha value is -0.120. The first-order valence-corrected chi connectivity index (χ1v) is 5.65. The third-order valence-electron chi connectivity index (χ3n) is 3.11. The van der Waals surface area contributed by atoms with Gasteiger partial charge in [-0.15, -0.1) is 0 Å². The van der Waals surface area contributed by atoms with E-state index < -0.39 is 0 Å². The lowest BCUT2D eigenvalue weighted by atomic mass is 10.0. The molecule has 1 fully saturated rings. The summed E-state index contributed by atoms with van der Waals surface area (Å²) in [6.07, 6.45) is 1.25. The molecule has 3 unspecified atom stereocenters. The van der Waals surface area contributed by atoms with Gasteiger partial charge in [-0.05, 0) is 13.0 Å². The van der Waals surface area contributed by atoms with Crippen LogP contribution in [0.25, 0.3) is 0 Å². The highest BCUT2D eigenvalue weighted by molar-refractivity contribution is 4.80. The van der Waals surface area contributed by atoms with Crippen LogP contribution in [-0.4, -0.2) is 44.3 Å². The molecule has 0 saturated carbocycles. The average molecular weight is 200 g/mol. The van der Waals surface area contributed by atoms with Crippen LogP contribution in [0.4, 0.5) is 0 Å². The first-order valence-electron chi connectivity index (χ1n) is 5.65. The maximum Gasteiger partial charge on any atom is 0.0621 e. The highest BCUT2D eigenvalue weighted by atomic mass is 16.5. The maximum absolute atomic E-state index is 5.94. The van der Waals surface area contributed by atoms with Crippen molar-refractivity contribution in [2.24, 2.45) is 17.6 Å². The van der Waals surface area contributed by atoms with Gasteiger partial charge in [-0.1, -0.05) is 20.3 Å². The third-order valence-corrected chi connectivity index (χ3v) is 3.11. The molecular weight excluding hydrogens is 176 g/mol. The van der Waals surface area contributed by atoms with Gasteiger partial charge in [-0.2, -0.15) is 0 Å². The first-order chi connectivity index (χ1) is 6.63. The molecule has 0 aliphatic carbocycles. The van der Waals surface area contributed by atoms with Gasteiger partial charge in [-0.25, -0.2) is 0 Å². The predicted octanol–water partition coefficient (Wildman–Crippen LogP) is 0.938. The molecule has 3 atom stereocenters. The Kier molecular flexibility index (Phi) is 4.85. The quantitative estimate of drug-likeness (QED) is 0.718. The second-order valence-corrected chi connectivity index (χ2v) is 4.70. The molecule has 1 rings (SSSR count). The lowest BCUT2D eigenvalue weighted by Crippen LogP contribution is -2.38. The summed E-state index contributed by atoms with van der Waals surface area (Å²) in [6, 6.07) is 0.245. The number of nitrogens with two attached hydrogens (primary N) is 1. The van der Waals surface area contributed by atoms with Gasteiger partial charge in [0, 0.05) is 25.0 Å². The van der Waals surface area contributed by atoms with E-state index in [0.717, 1.165) is 25.7 Å². The van der Waals surface area contributed by atoms with Crippen molar-refractivity contribution in [2.45, 2.75) is 26.3 Å². The standard InChI is InChI=1S/C11H24N2O/c1-4-9(2)5-13(3)6-10-7-14-8-11(10)12/h9-11H,4-8,12H2,1-3H3. The molecule has 0 aromatic rings. The lowest BCUT2D eigenvalue weighted by molar-refractivity contribution is 0.170. The van der Waals surface area contributed by atoms with Crippen molar-refractivity contribution in [1.82, 2.24) is 4.90 Å². The van der Waals surface area contributed by atoms with Gasteiger partial charge in [0.1, 0.15) is 0 Å². The fourth-order valence-corrected chi connectivity index (χ4v) is 1.94. The normalized spacial score (nSPS) is 29.8. The number of hydrogen-bond acceptors (Lipinski definition) is 3. The van der Waals surface area contributed by atoms with Crippen LogP contribution in [-0.2, 0) is 4.74 Å².